The molecule has 0 aliphatic heterocycles. The summed E-state index contributed by atoms with van der Waals surface area (Å²) in [4.78, 5) is 12.7. The lowest BCUT2D eigenvalue weighted by atomic mass is 10.1. The molecule has 0 fully saturated rings. The highest BCUT2D eigenvalue weighted by atomic mass is 32.2. The van der Waals surface area contributed by atoms with Crippen LogP contribution in [-0.2, 0) is 21.4 Å². The number of benzene rings is 3. The monoisotopic (exact) mass is 424 g/mol. The van der Waals surface area contributed by atoms with Gasteiger partial charge in [0.25, 0.3) is 15.9 Å². The highest BCUT2D eigenvalue weighted by molar-refractivity contribution is 7.92. The zero-order chi connectivity index (χ0) is 21.7. The first-order chi connectivity index (χ1) is 14.3. The summed E-state index contributed by atoms with van der Waals surface area (Å²) < 4.78 is 33.5. The average molecular weight is 425 g/mol. The Morgan fingerprint density at radius 1 is 0.933 bits per heavy atom. The van der Waals surface area contributed by atoms with Crippen LogP contribution in [0.1, 0.15) is 27.0 Å². The van der Waals surface area contributed by atoms with Crippen LogP contribution in [-0.4, -0.2) is 21.4 Å². The molecule has 6 nitrogen and oxygen atoms in total. The smallest absolute Gasteiger partial charge is 0.262 e. The minimum Gasteiger partial charge on any atom is -0.380 e. The maximum absolute atomic E-state index is 12.9. The van der Waals surface area contributed by atoms with Crippen LogP contribution < -0.4 is 10.0 Å². The lowest BCUT2D eigenvalue weighted by Gasteiger charge is -2.13. The summed E-state index contributed by atoms with van der Waals surface area (Å²) in [5.74, 6) is -0.321. The normalized spacial score (nSPS) is 11.2. The number of nitrogens with one attached hydrogen (secondary N) is 2. The molecule has 2 N–H and O–H groups in total. The Morgan fingerprint density at radius 2 is 1.67 bits per heavy atom. The number of amides is 1. The van der Waals surface area contributed by atoms with Crippen LogP contribution in [0.2, 0.25) is 0 Å². The fraction of sp³-hybridized carbons (Fsp3) is 0.174. The van der Waals surface area contributed by atoms with Crippen molar-refractivity contribution in [2.45, 2.75) is 25.3 Å². The maximum Gasteiger partial charge on any atom is 0.262 e. The number of sulfonamides is 1. The molecule has 0 atom stereocenters. The van der Waals surface area contributed by atoms with Gasteiger partial charge in [0.15, 0.2) is 0 Å². The van der Waals surface area contributed by atoms with Crippen molar-refractivity contribution in [1.29, 1.82) is 0 Å². The van der Waals surface area contributed by atoms with Gasteiger partial charge in [-0.1, -0.05) is 30.3 Å². The number of hydrogen-bond donors (Lipinski definition) is 2. The molecule has 0 saturated heterocycles. The molecule has 0 aromatic heterocycles. The Bertz CT molecular complexity index is 1160. The topological polar surface area (TPSA) is 84.5 Å². The van der Waals surface area contributed by atoms with E-state index < -0.39 is 10.0 Å². The zero-order valence-corrected chi connectivity index (χ0v) is 17.9. The molecular weight excluding hydrogens is 400 g/mol. The highest BCUT2D eigenvalue weighted by Gasteiger charge is 2.18. The van der Waals surface area contributed by atoms with Gasteiger partial charge in [-0.2, -0.15) is 0 Å². The van der Waals surface area contributed by atoms with Gasteiger partial charge in [-0.05, 0) is 66.9 Å². The van der Waals surface area contributed by atoms with Crippen LogP contribution in [0.3, 0.4) is 0 Å². The van der Waals surface area contributed by atoms with Crippen LogP contribution in [0.15, 0.2) is 71.6 Å². The molecule has 0 unspecified atom stereocenters. The van der Waals surface area contributed by atoms with Crippen molar-refractivity contribution >= 4 is 27.3 Å². The lowest BCUT2D eigenvalue weighted by molar-refractivity contribution is 0.102. The maximum atomic E-state index is 12.9. The minimum absolute atomic E-state index is 0.109. The second-order valence-electron chi connectivity index (χ2n) is 7.04. The van der Waals surface area contributed by atoms with Crippen LogP contribution in [0.5, 0.6) is 0 Å². The van der Waals surface area contributed by atoms with Crippen molar-refractivity contribution in [2.24, 2.45) is 0 Å². The van der Waals surface area contributed by atoms with E-state index in [0.717, 1.165) is 11.1 Å². The molecule has 1 amide bonds. The van der Waals surface area contributed by atoms with E-state index in [0.29, 0.717) is 29.1 Å². The second-order valence-corrected chi connectivity index (χ2v) is 8.69. The molecule has 0 saturated carbocycles. The minimum atomic E-state index is -3.81. The predicted molar refractivity (Wildman–Crippen MR) is 118 cm³/mol. The van der Waals surface area contributed by atoms with Crippen molar-refractivity contribution in [3.8, 4) is 0 Å². The van der Waals surface area contributed by atoms with Crippen LogP contribution in [0.4, 0.5) is 11.4 Å². The number of carbonyl (C=O) groups excluding carboxylic acids is 1. The van der Waals surface area contributed by atoms with Gasteiger partial charge in [-0.25, -0.2) is 8.42 Å². The van der Waals surface area contributed by atoms with Gasteiger partial charge < -0.3 is 10.1 Å². The molecule has 0 heterocycles. The third-order valence-electron chi connectivity index (χ3n) is 4.53. The Balaban J connectivity index is 1.81. The van der Waals surface area contributed by atoms with E-state index in [-0.39, 0.29) is 10.8 Å². The second kappa shape index (κ2) is 9.11. The van der Waals surface area contributed by atoms with E-state index >= 15 is 0 Å². The van der Waals surface area contributed by atoms with Crippen molar-refractivity contribution < 1.29 is 17.9 Å². The molecule has 0 radical (unpaired) electrons. The van der Waals surface area contributed by atoms with E-state index in [1.165, 1.54) is 6.07 Å². The fourth-order valence-corrected chi connectivity index (χ4v) is 4.33. The van der Waals surface area contributed by atoms with Crippen molar-refractivity contribution in [3.05, 3.63) is 89.0 Å². The van der Waals surface area contributed by atoms with Gasteiger partial charge in [-0.15, -0.1) is 0 Å². The van der Waals surface area contributed by atoms with Gasteiger partial charge in [0.05, 0.1) is 11.5 Å². The number of anilines is 2. The molecular formula is C23H24N2O4S. The number of ether oxygens (including phenoxy) is 1. The number of methoxy groups -OCH3 is 1. The SMILES string of the molecule is COCc1ccc(C(=O)Nc2ccc(C)c(S(=O)(=O)Nc3cccc(C)c3)c2)cc1. The molecule has 30 heavy (non-hydrogen) atoms. The summed E-state index contributed by atoms with van der Waals surface area (Å²) in [6.07, 6.45) is 0. The molecule has 0 spiro atoms. The number of rotatable bonds is 7. The van der Waals surface area contributed by atoms with E-state index in [1.54, 1.807) is 56.5 Å². The summed E-state index contributed by atoms with van der Waals surface area (Å²) in [6.45, 7) is 4.07. The fourth-order valence-electron chi connectivity index (χ4n) is 3.01. The molecule has 0 aliphatic rings. The van der Waals surface area contributed by atoms with Gasteiger partial charge in [0.1, 0.15) is 0 Å². The van der Waals surface area contributed by atoms with Gasteiger partial charge in [0, 0.05) is 24.0 Å². The molecule has 3 rings (SSSR count). The molecule has 0 aliphatic carbocycles. The Hall–Kier alpha value is -3.16. The van der Waals surface area contributed by atoms with Crippen LogP contribution in [0.25, 0.3) is 0 Å². The van der Waals surface area contributed by atoms with Gasteiger partial charge >= 0.3 is 0 Å². The van der Waals surface area contributed by atoms with E-state index in [2.05, 4.69) is 10.0 Å². The lowest BCUT2D eigenvalue weighted by Crippen LogP contribution is -2.16. The molecule has 7 heteroatoms. The van der Waals surface area contributed by atoms with E-state index in [1.807, 2.05) is 25.1 Å². The summed E-state index contributed by atoms with van der Waals surface area (Å²) >= 11 is 0. The first-order valence-corrected chi connectivity index (χ1v) is 10.9. The Morgan fingerprint density at radius 3 is 2.33 bits per heavy atom. The quantitative estimate of drug-likeness (QED) is 0.585. The summed E-state index contributed by atoms with van der Waals surface area (Å²) in [6, 6.07) is 19.0. The summed E-state index contributed by atoms with van der Waals surface area (Å²) in [7, 11) is -2.20. The third-order valence-corrected chi connectivity index (χ3v) is 6.06. The number of carbonyl (C=O) groups is 1. The first kappa shape index (κ1) is 21.5. The molecule has 0 bridgehead atoms. The van der Waals surface area contributed by atoms with Gasteiger partial charge in [-0.3, -0.25) is 9.52 Å². The molecule has 3 aromatic carbocycles. The molecule has 156 valence electrons. The summed E-state index contributed by atoms with van der Waals surface area (Å²) in [5, 5.41) is 2.76. The summed E-state index contributed by atoms with van der Waals surface area (Å²) in [5.41, 5.74) is 3.84. The van der Waals surface area contributed by atoms with Crippen molar-refractivity contribution in [1.82, 2.24) is 0 Å². The average Bonchev–Trinajstić information content (AvgIpc) is 2.70. The zero-order valence-electron chi connectivity index (χ0n) is 17.1. The Labute approximate surface area is 177 Å². The van der Waals surface area contributed by atoms with Crippen LogP contribution in [0, 0.1) is 13.8 Å². The largest absolute Gasteiger partial charge is 0.380 e. The Kier molecular flexibility index (Phi) is 6.54. The van der Waals surface area contributed by atoms with Crippen LogP contribution >= 0.6 is 0 Å². The van der Waals surface area contributed by atoms with Crippen molar-refractivity contribution in [2.75, 3.05) is 17.1 Å². The van der Waals surface area contributed by atoms with E-state index in [9.17, 15) is 13.2 Å². The first-order valence-electron chi connectivity index (χ1n) is 9.38. The number of aryl methyl sites for hydroxylation is 2. The van der Waals surface area contributed by atoms with Gasteiger partial charge in [0.2, 0.25) is 0 Å². The third kappa shape index (κ3) is 5.25. The number of hydrogen-bond acceptors (Lipinski definition) is 4. The highest BCUT2D eigenvalue weighted by Crippen LogP contribution is 2.24. The predicted octanol–water partition coefficient (Wildman–Crippen LogP) is 4.50. The van der Waals surface area contributed by atoms with E-state index in [4.69, 9.17) is 4.74 Å². The standard InChI is InChI=1S/C23H24N2O4S/c1-16-5-4-6-21(13-16)25-30(27,28)22-14-20(12-7-17(22)2)24-23(26)19-10-8-18(9-11-19)15-29-3/h4-14,25H,15H2,1-3H3,(H,24,26). The van der Waals surface area contributed by atoms with Crippen molar-refractivity contribution in [3.63, 3.8) is 0 Å². The molecule has 3 aromatic rings.